The monoisotopic (exact) mass is 361 g/mol. The van der Waals surface area contributed by atoms with Crippen LogP contribution in [0, 0.1) is 17.3 Å². The summed E-state index contributed by atoms with van der Waals surface area (Å²) in [6, 6.07) is 8.70. The fourth-order valence-electron chi connectivity index (χ4n) is 6.22. The third-order valence-electron chi connectivity index (χ3n) is 6.74. The van der Waals surface area contributed by atoms with Crippen LogP contribution in [0.4, 0.5) is 0 Å². The minimum Gasteiger partial charge on any atom is -0.349 e. The van der Waals surface area contributed by atoms with Crippen molar-refractivity contribution in [2.45, 2.75) is 60.8 Å². The molecule has 1 amide bonds. The summed E-state index contributed by atoms with van der Waals surface area (Å²) in [4.78, 5) is 14.6. The molecule has 1 N–H and O–H groups in total. The molecular formula is C20H24ClNOS. The van der Waals surface area contributed by atoms with Crippen LogP contribution in [-0.2, 0) is 4.79 Å². The van der Waals surface area contributed by atoms with Crippen LogP contribution in [0.3, 0.4) is 0 Å². The summed E-state index contributed by atoms with van der Waals surface area (Å²) in [5, 5.41) is 3.44. The van der Waals surface area contributed by atoms with E-state index in [4.69, 9.17) is 11.6 Å². The lowest BCUT2D eigenvalue weighted by atomic mass is 9.49. The molecule has 0 spiro atoms. The van der Waals surface area contributed by atoms with E-state index in [0.717, 1.165) is 44.3 Å². The number of benzene rings is 1. The molecule has 4 bridgehead atoms. The number of fused-ring (bicyclic) bond motifs is 1. The van der Waals surface area contributed by atoms with Crippen molar-refractivity contribution < 1.29 is 4.79 Å². The van der Waals surface area contributed by atoms with Gasteiger partial charge in [-0.15, -0.1) is 23.4 Å². The van der Waals surface area contributed by atoms with Gasteiger partial charge in [-0.3, -0.25) is 4.79 Å². The van der Waals surface area contributed by atoms with E-state index in [2.05, 4.69) is 29.6 Å². The Labute approximate surface area is 153 Å². The van der Waals surface area contributed by atoms with Gasteiger partial charge >= 0.3 is 0 Å². The highest BCUT2D eigenvalue weighted by Crippen LogP contribution is 2.64. The Hall–Kier alpha value is -0.670. The Bertz CT molecular complexity index is 676. The van der Waals surface area contributed by atoms with Crippen molar-refractivity contribution >= 4 is 29.3 Å². The lowest BCUT2D eigenvalue weighted by Crippen LogP contribution is -2.58. The first kappa shape index (κ1) is 15.6. The van der Waals surface area contributed by atoms with Crippen molar-refractivity contribution in [3.8, 4) is 0 Å². The molecule has 24 heavy (non-hydrogen) atoms. The SMILES string of the molecule is O=C(N[C@H]1CCSc2ccccc21)C12C[C@@H]3C[C@@H](CC(Cl)(C3)C1)C2. The van der Waals surface area contributed by atoms with Crippen LogP contribution in [-0.4, -0.2) is 16.5 Å². The van der Waals surface area contributed by atoms with E-state index in [9.17, 15) is 4.79 Å². The number of hydrogen-bond donors (Lipinski definition) is 1. The zero-order valence-corrected chi connectivity index (χ0v) is 15.5. The highest BCUT2D eigenvalue weighted by atomic mass is 35.5. The zero-order chi connectivity index (χ0) is 16.4. The number of amides is 1. The summed E-state index contributed by atoms with van der Waals surface area (Å²) < 4.78 is 0. The van der Waals surface area contributed by atoms with Crippen LogP contribution in [0.1, 0.15) is 56.6 Å². The molecule has 0 aromatic heterocycles. The molecule has 128 valence electrons. The van der Waals surface area contributed by atoms with Gasteiger partial charge in [0.15, 0.2) is 0 Å². The lowest BCUT2D eigenvalue weighted by molar-refractivity contribution is -0.145. The average molecular weight is 362 g/mol. The van der Waals surface area contributed by atoms with E-state index >= 15 is 0 Å². The zero-order valence-electron chi connectivity index (χ0n) is 13.9. The van der Waals surface area contributed by atoms with E-state index in [-0.39, 0.29) is 22.2 Å². The number of rotatable bonds is 2. The predicted octanol–water partition coefficient (Wildman–Crippen LogP) is 4.92. The highest BCUT2D eigenvalue weighted by Gasteiger charge is 2.60. The first-order valence-electron chi connectivity index (χ1n) is 9.27. The normalized spacial score (nSPS) is 42.6. The van der Waals surface area contributed by atoms with Crippen LogP contribution in [0.15, 0.2) is 29.2 Å². The van der Waals surface area contributed by atoms with Gasteiger partial charge < -0.3 is 5.32 Å². The van der Waals surface area contributed by atoms with Gasteiger partial charge in [-0.25, -0.2) is 0 Å². The molecule has 5 aliphatic rings. The van der Waals surface area contributed by atoms with Gasteiger partial charge in [-0.1, -0.05) is 18.2 Å². The van der Waals surface area contributed by atoms with Crippen molar-refractivity contribution in [1.82, 2.24) is 5.32 Å². The van der Waals surface area contributed by atoms with Gasteiger partial charge in [0, 0.05) is 15.5 Å². The van der Waals surface area contributed by atoms with Gasteiger partial charge in [-0.05, 0) is 68.4 Å². The molecule has 4 heteroatoms. The van der Waals surface area contributed by atoms with Gasteiger partial charge in [-0.2, -0.15) is 0 Å². The molecule has 4 fully saturated rings. The molecule has 1 aliphatic heterocycles. The van der Waals surface area contributed by atoms with E-state index in [1.807, 2.05) is 11.8 Å². The van der Waals surface area contributed by atoms with Gasteiger partial charge in [0.2, 0.25) is 5.91 Å². The van der Waals surface area contributed by atoms with Crippen LogP contribution in [0.5, 0.6) is 0 Å². The molecule has 0 saturated heterocycles. The summed E-state index contributed by atoms with van der Waals surface area (Å²) >= 11 is 8.81. The van der Waals surface area contributed by atoms with Crippen molar-refractivity contribution in [2.24, 2.45) is 17.3 Å². The summed E-state index contributed by atoms with van der Waals surface area (Å²) in [7, 11) is 0. The van der Waals surface area contributed by atoms with Crippen LogP contribution in [0.25, 0.3) is 0 Å². The Morgan fingerprint density at radius 3 is 2.67 bits per heavy atom. The van der Waals surface area contributed by atoms with Crippen molar-refractivity contribution in [3.63, 3.8) is 0 Å². The molecule has 1 aromatic rings. The molecule has 1 aromatic carbocycles. The van der Waals surface area contributed by atoms with Crippen LogP contribution in [0.2, 0.25) is 0 Å². The smallest absolute Gasteiger partial charge is 0.226 e. The fourth-order valence-corrected chi connectivity index (χ4v) is 8.04. The molecule has 2 nitrogen and oxygen atoms in total. The standard InChI is InChI=1S/C20H24ClNOS/c21-20-10-13-7-14(11-20)9-19(8-13,12-20)18(23)22-16-5-6-24-17-4-2-1-3-15(16)17/h1-4,13-14,16H,5-12H2,(H,22,23)/t13-,14+,16-,19?,20?/m0/s1. The number of carbonyl (C=O) groups excluding carboxylic acids is 1. The Morgan fingerprint density at radius 2 is 1.92 bits per heavy atom. The van der Waals surface area contributed by atoms with Crippen molar-refractivity contribution in [3.05, 3.63) is 29.8 Å². The van der Waals surface area contributed by atoms with E-state index in [0.29, 0.717) is 11.8 Å². The second-order valence-corrected chi connectivity index (χ2v) is 10.5. The Kier molecular flexibility index (Phi) is 3.51. The largest absolute Gasteiger partial charge is 0.349 e. The summed E-state index contributed by atoms with van der Waals surface area (Å²) in [6.07, 6.45) is 7.60. The topological polar surface area (TPSA) is 29.1 Å². The maximum atomic E-state index is 13.3. The van der Waals surface area contributed by atoms with E-state index in [1.54, 1.807) is 0 Å². The first-order valence-corrected chi connectivity index (χ1v) is 10.6. The Balaban J connectivity index is 1.40. The predicted molar refractivity (Wildman–Crippen MR) is 98.4 cm³/mol. The lowest BCUT2D eigenvalue weighted by Gasteiger charge is -2.59. The van der Waals surface area contributed by atoms with Crippen LogP contribution < -0.4 is 5.32 Å². The van der Waals surface area contributed by atoms with E-state index in [1.165, 1.54) is 16.9 Å². The van der Waals surface area contributed by atoms with Crippen molar-refractivity contribution in [1.29, 1.82) is 0 Å². The third kappa shape index (κ3) is 2.42. The number of hydrogen-bond acceptors (Lipinski definition) is 2. The van der Waals surface area contributed by atoms with Crippen LogP contribution >= 0.6 is 23.4 Å². The molecule has 4 aliphatic carbocycles. The molecule has 4 saturated carbocycles. The molecule has 5 atom stereocenters. The second-order valence-electron chi connectivity index (χ2n) is 8.59. The maximum Gasteiger partial charge on any atom is 0.226 e. The number of nitrogens with one attached hydrogen (secondary N) is 1. The second kappa shape index (κ2) is 5.41. The summed E-state index contributed by atoms with van der Waals surface area (Å²) in [5.74, 6) is 2.71. The van der Waals surface area contributed by atoms with Gasteiger partial charge in [0.05, 0.1) is 11.5 Å². The minimum atomic E-state index is -0.189. The molecule has 0 radical (unpaired) electrons. The maximum absolute atomic E-state index is 13.3. The minimum absolute atomic E-state index is 0.0955. The number of alkyl halides is 1. The molecule has 2 unspecified atom stereocenters. The Morgan fingerprint density at radius 1 is 1.17 bits per heavy atom. The number of carbonyl (C=O) groups is 1. The molecule has 6 rings (SSSR count). The molecule has 1 heterocycles. The summed E-state index contributed by atoms with van der Waals surface area (Å²) in [5.41, 5.74) is 1.11. The summed E-state index contributed by atoms with van der Waals surface area (Å²) in [6.45, 7) is 0. The quantitative estimate of drug-likeness (QED) is 0.757. The van der Waals surface area contributed by atoms with Crippen molar-refractivity contribution in [2.75, 3.05) is 5.75 Å². The first-order chi connectivity index (χ1) is 11.6. The third-order valence-corrected chi connectivity index (χ3v) is 8.30. The molecular weight excluding hydrogens is 338 g/mol. The number of thioether (sulfide) groups is 1. The van der Waals surface area contributed by atoms with E-state index < -0.39 is 0 Å². The fraction of sp³-hybridized carbons (Fsp3) is 0.650. The van der Waals surface area contributed by atoms with Gasteiger partial charge in [0.1, 0.15) is 0 Å². The highest BCUT2D eigenvalue weighted by molar-refractivity contribution is 7.99. The van der Waals surface area contributed by atoms with Gasteiger partial charge in [0.25, 0.3) is 0 Å². The average Bonchev–Trinajstić information content (AvgIpc) is 2.53. The number of halogens is 1.